The molecule has 27 heavy (non-hydrogen) atoms. The fraction of sp³-hybridized carbons (Fsp3) is 0.0526. The lowest BCUT2D eigenvalue weighted by atomic mass is 9.97. The molecular formula is C19H11F5N2O. The number of carbonyl (C=O) groups is 1. The lowest BCUT2D eigenvalue weighted by Crippen LogP contribution is -2.12. The zero-order valence-electron chi connectivity index (χ0n) is 13.5. The Morgan fingerprint density at radius 2 is 1.67 bits per heavy atom. The highest BCUT2D eigenvalue weighted by Gasteiger charge is 2.34. The largest absolute Gasteiger partial charge is 0.417 e. The SMILES string of the molecule is Nc1c(C(=O)c2ccc(F)cc2F)ccnc1-c1ccccc1C(F)(F)F. The summed E-state index contributed by atoms with van der Waals surface area (Å²) in [6.45, 7) is 0. The van der Waals surface area contributed by atoms with Crippen molar-refractivity contribution in [3.05, 3.63) is 83.1 Å². The lowest BCUT2D eigenvalue weighted by Gasteiger charge is -2.15. The van der Waals surface area contributed by atoms with Crippen LogP contribution in [0.15, 0.2) is 54.7 Å². The van der Waals surface area contributed by atoms with Crippen LogP contribution in [0.1, 0.15) is 21.5 Å². The number of anilines is 1. The van der Waals surface area contributed by atoms with Crippen molar-refractivity contribution in [2.24, 2.45) is 0 Å². The van der Waals surface area contributed by atoms with E-state index in [0.29, 0.717) is 6.07 Å². The number of ketones is 1. The van der Waals surface area contributed by atoms with Crippen LogP contribution in [-0.4, -0.2) is 10.8 Å². The Balaban J connectivity index is 2.15. The van der Waals surface area contributed by atoms with Gasteiger partial charge >= 0.3 is 6.18 Å². The number of carbonyl (C=O) groups excluding carboxylic acids is 1. The van der Waals surface area contributed by atoms with Gasteiger partial charge in [0.05, 0.1) is 22.5 Å². The number of hydrogen-bond acceptors (Lipinski definition) is 3. The number of rotatable bonds is 3. The van der Waals surface area contributed by atoms with Crippen molar-refractivity contribution in [3.63, 3.8) is 0 Å². The summed E-state index contributed by atoms with van der Waals surface area (Å²) in [6, 6.07) is 8.17. The normalized spacial score (nSPS) is 11.4. The van der Waals surface area contributed by atoms with E-state index in [-0.39, 0.29) is 22.5 Å². The van der Waals surface area contributed by atoms with E-state index in [1.54, 1.807) is 0 Å². The smallest absolute Gasteiger partial charge is 0.396 e. The van der Waals surface area contributed by atoms with Crippen LogP contribution >= 0.6 is 0 Å². The fourth-order valence-electron chi connectivity index (χ4n) is 2.64. The molecule has 0 fully saturated rings. The van der Waals surface area contributed by atoms with E-state index < -0.39 is 34.7 Å². The predicted octanol–water partition coefficient (Wildman–Crippen LogP) is 4.86. The number of nitrogens with zero attached hydrogens (tertiary/aromatic N) is 1. The Morgan fingerprint density at radius 3 is 2.33 bits per heavy atom. The van der Waals surface area contributed by atoms with Crippen LogP contribution in [-0.2, 0) is 6.18 Å². The van der Waals surface area contributed by atoms with Crippen molar-refractivity contribution in [3.8, 4) is 11.3 Å². The molecule has 0 atom stereocenters. The Hall–Kier alpha value is -3.29. The maximum atomic E-state index is 13.9. The Kier molecular flexibility index (Phi) is 4.65. The first-order chi connectivity index (χ1) is 12.7. The number of hydrogen-bond donors (Lipinski definition) is 1. The third-order valence-electron chi connectivity index (χ3n) is 3.90. The number of nitrogens with two attached hydrogens (primary N) is 1. The fourth-order valence-corrected chi connectivity index (χ4v) is 2.64. The van der Waals surface area contributed by atoms with Crippen molar-refractivity contribution >= 4 is 11.5 Å². The quantitative estimate of drug-likeness (QED) is 0.523. The van der Waals surface area contributed by atoms with E-state index in [1.807, 2.05) is 0 Å². The van der Waals surface area contributed by atoms with Crippen LogP contribution in [0, 0.1) is 11.6 Å². The van der Waals surface area contributed by atoms with Crippen LogP contribution < -0.4 is 5.73 Å². The van der Waals surface area contributed by atoms with Crippen molar-refractivity contribution in [2.75, 3.05) is 5.73 Å². The van der Waals surface area contributed by atoms with Gasteiger partial charge in [0.15, 0.2) is 5.78 Å². The summed E-state index contributed by atoms with van der Waals surface area (Å²) in [6.07, 6.45) is -3.55. The lowest BCUT2D eigenvalue weighted by molar-refractivity contribution is -0.137. The first-order valence-electron chi connectivity index (χ1n) is 7.61. The van der Waals surface area contributed by atoms with Gasteiger partial charge in [-0.15, -0.1) is 0 Å². The zero-order chi connectivity index (χ0) is 19.8. The highest BCUT2D eigenvalue weighted by Crippen LogP contribution is 2.38. The number of nitrogen functional groups attached to an aromatic ring is 1. The standard InChI is InChI=1S/C19H11F5N2O/c20-10-5-6-12(15(21)9-10)18(27)13-7-8-26-17(16(13)25)11-3-1-2-4-14(11)19(22,23)24/h1-9H,25H2. The van der Waals surface area contributed by atoms with Crippen molar-refractivity contribution < 1.29 is 26.7 Å². The minimum Gasteiger partial charge on any atom is -0.396 e. The van der Waals surface area contributed by atoms with Crippen molar-refractivity contribution in [1.82, 2.24) is 4.98 Å². The summed E-state index contributed by atoms with van der Waals surface area (Å²) in [4.78, 5) is 16.4. The molecule has 1 aromatic heterocycles. The molecule has 138 valence electrons. The number of pyridine rings is 1. The third-order valence-corrected chi connectivity index (χ3v) is 3.90. The van der Waals surface area contributed by atoms with E-state index in [2.05, 4.69) is 4.98 Å². The summed E-state index contributed by atoms with van der Waals surface area (Å²) in [5.41, 5.74) is 3.35. The second kappa shape index (κ2) is 6.79. The van der Waals surface area contributed by atoms with Gasteiger partial charge in [0.25, 0.3) is 0 Å². The summed E-state index contributed by atoms with van der Waals surface area (Å²) in [7, 11) is 0. The van der Waals surface area contributed by atoms with E-state index in [9.17, 15) is 26.7 Å². The molecule has 0 spiro atoms. The van der Waals surface area contributed by atoms with Crippen LogP contribution in [0.3, 0.4) is 0 Å². The molecule has 0 radical (unpaired) electrons. The average molecular weight is 378 g/mol. The number of halogens is 5. The van der Waals surface area contributed by atoms with E-state index in [1.165, 1.54) is 24.3 Å². The molecule has 0 amide bonds. The minimum atomic E-state index is -4.66. The molecule has 0 aliphatic rings. The van der Waals surface area contributed by atoms with Gasteiger partial charge < -0.3 is 5.73 Å². The van der Waals surface area contributed by atoms with E-state index >= 15 is 0 Å². The zero-order valence-corrected chi connectivity index (χ0v) is 13.5. The number of benzene rings is 2. The van der Waals surface area contributed by atoms with E-state index in [4.69, 9.17) is 5.73 Å². The summed E-state index contributed by atoms with van der Waals surface area (Å²) in [5, 5.41) is 0. The van der Waals surface area contributed by atoms with Gasteiger partial charge in [-0.1, -0.05) is 18.2 Å². The molecule has 0 bridgehead atoms. The maximum absolute atomic E-state index is 13.9. The second-order valence-corrected chi connectivity index (χ2v) is 5.62. The van der Waals surface area contributed by atoms with E-state index in [0.717, 1.165) is 24.4 Å². The summed E-state index contributed by atoms with van der Waals surface area (Å²) in [5.74, 6) is -2.86. The third kappa shape index (κ3) is 3.51. The van der Waals surface area contributed by atoms with Gasteiger partial charge in [-0.2, -0.15) is 13.2 Å². The molecule has 2 N–H and O–H groups in total. The molecule has 0 saturated carbocycles. The molecule has 1 heterocycles. The maximum Gasteiger partial charge on any atom is 0.417 e. The first-order valence-corrected chi connectivity index (χ1v) is 7.61. The molecule has 3 aromatic rings. The molecule has 8 heteroatoms. The van der Waals surface area contributed by atoms with Gasteiger partial charge in [-0.3, -0.25) is 9.78 Å². The predicted molar refractivity (Wildman–Crippen MR) is 88.9 cm³/mol. The van der Waals surface area contributed by atoms with Gasteiger partial charge in [0.2, 0.25) is 0 Å². The van der Waals surface area contributed by atoms with Crippen molar-refractivity contribution in [1.29, 1.82) is 0 Å². The topological polar surface area (TPSA) is 56.0 Å². The van der Waals surface area contributed by atoms with Gasteiger partial charge in [0, 0.05) is 23.4 Å². The molecule has 3 nitrogen and oxygen atoms in total. The molecule has 0 aliphatic heterocycles. The Labute approximate surface area is 150 Å². The van der Waals surface area contributed by atoms with Crippen LogP contribution in [0.2, 0.25) is 0 Å². The molecule has 2 aromatic carbocycles. The Bertz CT molecular complexity index is 1030. The minimum absolute atomic E-state index is 0.234. The molecule has 3 rings (SSSR count). The average Bonchev–Trinajstić information content (AvgIpc) is 2.61. The van der Waals surface area contributed by atoms with Crippen LogP contribution in [0.5, 0.6) is 0 Å². The summed E-state index contributed by atoms with van der Waals surface area (Å²) < 4.78 is 66.7. The highest BCUT2D eigenvalue weighted by atomic mass is 19.4. The molecular weight excluding hydrogens is 367 g/mol. The number of aromatic nitrogens is 1. The molecule has 0 unspecified atom stereocenters. The van der Waals surface area contributed by atoms with Gasteiger partial charge in [-0.25, -0.2) is 8.78 Å². The first kappa shape index (κ1) is 18.5. The van der Waals surface area contributed by atoms with Crippen molar-refractivity contribution in [2.45, 2.75) is 6.18 Å². The van der Waals surface area contributed by atoms with Gasteiger partial charge in [-0.05, 0) is 24.3 Å². The number of alkyl halides is 3. The molecule has 0 aliphatic carbocycles. The monoisotopic (exact) mass is 378 g/mol. The Morgan fingerprint density at radius 1 is 0.963 bits per heavy atom. The van der Waals surface area contributed by atoms with Crippen LogP contribution in [0.4, 0.5) is 27.6 Å². The summed E-state index contributed by atoms with van der Waals surface area (Å²) >= 11 is 0. The molecule has 0 saturated heterocycles. The van der Waals surface area contributed by atoms with Gasteiger partial charge in [0.1, 0.15) is 11.6 Å². The van der Waals surface area contributed by atoms with Crippen LogP contribution in [0.25, 0.3) is 11.3 Å². The second-order valence-electron chi connectivity index (χ2n) is 5.62. The highest BCUT2D eigenvalue weighted by molar-refractivity contribution is 6.13.